The van der Waals surface area contributed by atoms with Crippen LogP contribution in [-0.2, 0) is 5.41 Å². The van der Waals surface area contributed by atoms with E-state index in [9.17, 15) is 0 Å². The molecular weight excluding hydrogens is 821 g/mol. The van der Waals surface area contributed by atoms with Crippen LogP contribution in [0, 0.1) is 0 Å². The van der Waals surface area contributed by atoms with E-state index in [2.05, 4.69) is 231 Å². The molecule has 16 rings (SSSR count). The topological polar surface area (TPSA) is 13.1 Å². The van der Waals surface area contributed by atoms with Gasteiger partial charge in [-0.3, -0.25) is 0 Å². The molecule has 0 unspecified atom stereocenters. The summed E-state index contributed by atoms with van der Waals surface area (Å²) >= 11 is 0. The van der Waals surface area contributed by atoms with Gasteiger partial charge in [0.2, 0.25) is 0 Å². The molecule has 0 amide bonds. The van der Waals surface area contributed by atoms with E-state index in [1.165, 1.54) is 137 Å². The highest BCUT2D eigenvalue weighted by Gasteiger charge is 2.53. The van der Waals surface area contributed by atoms with Crippen LogP contribution < -0.4 is 0 Å². The standard InChI is InChI=1S/C67H38O/c1-3-17-43-40(16-1)31-36-60-63(43)55-38-42(32-35-59(55)68-60)62-51-25-9-7-23-49(51)61(50-24-8-10-26-52(50)62)41-29-33-53-54(37-41)45-19-5-6-22-48(45)65-64-44-18-4-2-15-39(44)30-34-58(64)67(66(53)65)56-27-13-11-20-46(56)47-21-12-14-28-57(47)67/h1-38H. The van der Waals surface area contributed by atoms with Crippen LogP contribution >= 0.6 is 0 Å². The normalized spacial score (nSPS) is 13.4. The monoisotopic (exact) mass is 858 g/mol. The van der Waals surface area contributed by atoms with Crippen LogP contribution in [0.3, 0.4) is 0 Å². The maximum atomic E-state index is 6.50. The lowest BCUT2D eigenvalue weighted by Gasteiger charge is -2.32. The van der Waals surface area contributed by atoms with Crippen molar-refractivity contribution in [2.24, 2.45) is 0 Å². The number of fused-ring (bicyclic) bond motifs is 24. The Kier molecular flexibility index (Phi) is 7.07. The number of hydrogen-bond donors (Lipinski definition) is 0. The highest BCUT2D eigenvalue weighted by Crippen LogP contribution is 2.66. The summed E-state index contributed by atoms with van der Waals surface area (Å²) in [5, 5.41) is 17.4. The van der Waals surface area contributed by atoms with E-state index in [1.54, 1.807) is 0 Å². The summed E-state index contributed by atoms with van der Waals surface area (Å²) in [5.74, 6) is 0. The molecule has 0 saturated carbocycles. The first-order chi connectivity index (χ1) is 33.8. The lowest BCUT2D eigenvalue weighted by Crippen LogP contribution is -2.26. The van der Waals surface area contributed by atoms with Crippen molar-refractivity contribution in [1.29, 1.82) is 0 Å². The molecule has 1 spiro atoms. The van der Waals surface area contributed by atoms with E-state index in [4.69, 9.17) is 4.42 Å². The van der Waals surface area contributed by atoms with E-state index in [1.807, 2.05) is 0 Å². The molecule has 1 aromatic heterocycles. The number of benzene rings is 13. The van der Waals surface area contributed by atoms with E-state index >= 15 is 0 Å². The molecule has 0 fully saturated rings. The molecule has 2 aliphatic carbocycles. The summed E-state index contributed by atoms with van der Waals surface area (Å²) in [7, 11) is 0. The van der Waals surface area contributed by atoms with E-state index < -0.39 is 5.41 Å². The Balaban J connectivity index is 1.00. The molecule has 0 aliphatic heterocycles. The van der Waals surface area contributed by atoms with E-state index in [-0.39, 0.29) is 0 Å². The van der Waals surface area contributed by atoms with Gasteiger partial charge in [-0.15, -0.1) is 0 Å². The number of hydrogen-bond acceptors (Lipinski definition) is 1. The van der Waals surface area contributed by atoms with Crippen molar-refractivity contribution in [3.05, 3.63) is 253 Å². The Bertz CT molecular complexity index is 4460. The fraction of sp³-hybridized carbons (Fsp3) is 0.0149. The van der Waals surface area contributed by atoms with Crippen LogP contribution in [0.2, 0.25) is 0 Å². The number of furan rings is 1. The fourth-order valence-corrected chi connectivity index (χ4v) is 13.2. The molecule has 0 N–H and O–H groups in total. The van der Waals surface area contributed by atoms with Crippen molar-refractivity contribution in [3.63, 3.8) is 0 Å². The van der Waals surface area contributed by atoms with Gasteiger partial charge in [0.15, 0.2) is 0 Å². The average Bonchev–Trinajstić information content (AvgIpc) is 4.05. The van der Waals surface area contributed by atoms with Crippen LogP contribution in [0.25, 0.3) is 131 Å². The second-order valence-electron chi connectivity index (χ2n) is 18.9. The lowest BCUT2D eigenvalue weighted by atomic mass is 9.69. The van der Waals surface area contributed by atoms with E-state index in [0.717, 1.165) is 16.6 Å². The van der Waals surface area contributed by atoms with Gasteiger partial charge >= 0.3 is 0 Å². The Morgan fingerprint density at radius 2 is 0.735 bits per heavy atom. The Morgan fingerprint density at radius 1 is 0.265 bits per heavy atom. The van der Waals surface area contributed by atoms with Gasteiger partial charge in [-0.1, -0.05) is 206 Å². The zero-order valence-corrected chi connectivity index (χ0v) is 36.8. The van der Waals surface area contributed by atoms with Crippen LogP contribution in [0.1, 0.15) is 22.3 Å². The van der Waals surface area contributed by atoms with Gasteiger partial charge in [0, 0.05) is 10.8 Å². The summed E-state index contributed by atoms with van der Waals surface area (Å²) in [6.07, 6.45) is 0. The Hall–Kier alpha value is -8.78. The van der Waals surface area contributed by atoms with Gasteiger partial charge in [-0.05, 0) is 156 Å². The molecule has 14 aromatic rings. The molecule has 13 aromatic carbocycles. The first-order valence-corrected chi connectivity index (χ1v) is 23.7. The van der Waals surface area contributed by atoms with E-state index in [0.29, 0.717) is 0 Å². The van der Waals surface area contributed by atoms with Crippen molar-refractivity contribution in [3.8, 4) is 44.5 Å². The second-order valence-corrected chi connectivity index (χ2v) is 18.9. The highest BCUT2D eigenvalue weighted by atomic mass is 16.3. The van der Waals surface area contributed by atoms with Gasteiger partial charge in [0.1, 0.15) is 11.2 Å². The molecule has 0 radical (unpaired) electrons. The maximum Gasteiger partial charge on any atom is 0.136 e. The molecule has 1 heteroatoms. The SMILES string of the molecule is c1ccc2c(c1)-c1ccccc1C21c2ccc3ccccc3c2-c2c1c1ccc(-c3c4ccccc4c(-c4ccc5oc6ccc7ccccc7c6c5c4)c4ccccc34)cc1c1ccccc21. The van der Waals surface area contributed by atoms with Gasteiger partial charge in [-0.25, -0.2) is 0 Å². The zero-order valence-electron chi connectivity index (χ0n) is 36.8. The first-order valence-electron chi connectivity index (χ1n) is 23.7. The predicted molar refractivity (Wildman–Crippen MR) is 286 cm³/mol. The highest BCUT2D eigenvalue weighted by molar-refractivity contribution is 6.27. The van der Waals surface area contributed by atoms with Crippen molar-refractivity contribution in [2.75, 3.05) is 0 Å². The minimum Gasteiger partial charge on any atom is -0.456 e. The second kappa shape index (κ2) is 13.2. The predicted octanol–water partition coefficient (Wildman–Crippen LogP) is 18.2. The van der Waals surface area contributed by atoms with Crippen molar-refractivity contribution in [1.82, 2.24) is 0 Å². The molecule has 0 bridgehead atoms. The summed E-state index contributed by atoms with van der Waals surface area (Å²) in [5.41, 5.74) is 17.0. The van der Waals surface area contributed by atoms with Crippen molar-refractivity contribution >= 4 is 86.6 Å². The van der Waals surface area contributed by atoms with Crippen LogP contribution in [-0.4, -0.2) is 0 Å². The molecule has 0 saturated heterocycles. The third-order valence-electron chi connectivity index (χ3n) is 15.8. The summed E-state index contributed by atoms with van der Waals surface area (Å²) in [4.78, 5) is 0. The minimum absolute atomic E-state index is 0.500. The molecule has 1 heterocycles. The van der Waals surface area contributed by atoms with Crippen molar-refractivity contribution < 1.29 is 4.42 Å². The smallest absolute Gasteiger partial charge is 0.136 e. The average molecular weight is 859 g/mol. The summed E-state index contributed by atoms with van der Waals surface area (Å²) in [6.45, 7) is 0. The Labute approximate surface area is 391 Å². The first kappa shape index (κ1) is 36.4. The van der Waals surface area contributed by atoms with Gasteiger partial charge in [0.25, 0.3) is 0 Å². The molecule has 2 aliphatic rings. The quantitative estimate of drug-likeness (QED) is 0.125. The molecular formula is C67H38O. The van der Waals surface area contributed by atoms with Crippen LogP contribution in [0.4, 0.5) is 0 Å². The summed E-state index contributed by atoms with van der Waals surface area (Å²) < 4.78 is 6.50. The van der Waals surface area contributed by atoms with Gasteiger partial charge in [0.05, 0.1) is 5.41 Å². The number of rotatable bonds is 2. The van der Waals surface area contributed by atoms with Crippen molar-refractivity contribution in [2.45, 2.75) is 5.41 Å². The molecule has 312 valence electrons. The zero-order chi connectivity index (χ0) is 44.2. The summed E-state index contributed by atoms with van der Waals surface area (Å²) in [6, 6.07) is 86.5. The van der Waals surface area contributed by atoms with Crippen LogP contribution in [0.15, 0.2) is 235 Å². The molecule has 68 heavy (non-hydrogen) atoms. The minimum atomic E-state index is -0.500. The fourth-order valence-electron chi connectivity index (χ4n) is 13.2. The maximum absolute atomic E-state index is 6.50. The molecule has 1 nitrogen and oxygen atoms in total. The largest absolute Gasteiger partial charge is 0.456 e. The molecule has 0 atom stereocenters. The van der Waals surface area contributed by atoms with Gasteiger partial charge in [-0.2, -0.15) is 0 Å². The van der Waals surface area contributed by atoms with Gasteiger partial charge < -0.3 is 4.42 Å². The van der Waals surface area contributed by atoms with Crippen LogP contribution in [0.5, 0.6) is 0 Å². The third kappa shape index (κ3) is 4.51. The lowest BCUT2D eigenvalue weighted by molar-refractivity contribution is 0.669. The third-order valence-corrected chi connectivity index (χ3v) is 15.8. The Morgan fingerprint density at radius 3 is 1.38 bits per heavy atom.